The van der Waals surface area contributed by atoms with E-state index in [0.29, 0.717) is 28.0 Å². The summed E-state index contributed by atoms with van der Waals surface area (Å²) in [6.45, 7) is -0.216. The number of anilines is 1. The van der Waals surface area contributed by atoms with Crippen LogP contribution in [0, 0.1) is 0 Å². The van der Waals surface area contributed by atoms with Crippen LogP contribution in [0.2, 0.25) is 10.0 Å². The van der Waals surface area contributed by atoms with Gasteiger partial charge in [0.2, 0.25) is 5.75 Å². The predicted molar refractivity (Wildman–Crippen MR) is 90.1 cm³/mol. The van der Waals surface area contributed by atoms with Gasteiger partial charge in [-0.1, -0.05) is 35.3 Å². The van der Waals surface area contributed by atoms with Crippen LogP contribution in [0.4, 0.5) is 5.69 Å². The fraction of sp³-hybridized carbons (Fsp3) is 0.188. The number of hydrogen-bond acceptors (Lipinski definition) is 4. The van der Waals surface area contributed by atoms with Gasteiger partial charge in [0.05, 0.1) is 30.0 Å². The van der Waals surface area contributed by atoms with Crippen LogP contribution in [0.5, 0.6) is 17.2 Å². The number of carbonyl (C=O) groups is 1. The van der Waals surface area contributed by atoms with E-state index < -0.39 is 0 Å². The van der Waals surface area contributed by atoms with E-state index >= 15 is 0 Å². The summed E-state index contributed by atoms with van der Waals surface area (Å²) in [6.07, 6.45) is 0. The number of halogens is 2. The SMILES string of the molecule is COc1cccc(OCC(=O)Nc2cccc(Cl)c2Cl)c1OC. The monoisotopic (exact) mass is 355 g/mol. The lowest BCUT2D eigenvalue weighted by Gasteiger charge is -2.13. The van der Waals surface area contributed by atoms with Crippen LogP contribution >= 0.6 is 23.2 Å². The number of para-hydroxylation sites is 1. The van der Waals surface area contributed by atoms with Gasteiger partial charge < -0.3 is 19.5 Å². The highest BCUT2D eigenvalue weighted by Crippen LogP contribution is 2.36. The molecule has 0 aliphatic rings. The molecule has 5 nitrogen and oxygen atoms in total. The largest absolute Gasteiger partial charge is 0.493 e. The van der Waals surface area contributed by atoms with Crippen LogP contribution in [-0.2, 0) is 4.79 Å². The molecule has 2 aromatic carbocycles. The lowest BCUT2D eigenvalue weighted by atomic mass is 10.3. The molecule has 1 amide bonds. The average molecular weight is 356 g/mol. The van der Waals surface area contributed by atoms with Gasteiger partial charge in [-0.2, -0.15) is 0 Å². The van der Waals surface area contributed by atoms with Crippen LogP contribution in [0.1, 0.15) is 0 Å². The summed E-state index contributed by atoms with van der Waals surface area (Å²) in [5, 5.41) is 3.28. The summed E-state index contributed by atoms with van der Waals surface area (Å²) >= 11 is 11.9. The summed E-state index contributed by atoms with van der Waals surface area (Å²) in [6, 6.07) is 10.1. The number of benzene rings is 2. The second kappa shape index (κ2) is 7.94. The van der Waals surface area contributed by atoms with Gasteiger partial charge in [0, 0.05) is 0 Å². The molecule has 0 aliphatic carbocycles. The van der Waals surface area contributed by atoms with E-state index in [2.05, 4.69) is 5.32 Å². The smallest absolute Gasteiger partial charge is 0.262 e. The van der Waals surface area contributed by atoms with Gasteiger partial charge in [-0.25, -0.2) is 0 Å². The normalized spacial score (nSPS) is 10.1. The second-order valence-corrected chi connectivity index (χ2v) is 5.22. The van der Waals surface area contributed by atoms with Gasteiger partial charge in [-0.3, -0.25) is 4.79 Å². The van der Waals surface area contributed by atoms with Gasteiger partial charge in [-0.15, -0.1) is 0 Å². The number of carbonyl (C=O) groups excluding carboxylic acids is 1. The van der Waals surface area contributed by atoms with E-state index in [4.69, 9.17) is 37.4 Å². The molecule has 0 radical (unpaired) electrons. The maximum atomic E-state index is 12.0. The molecule has 0 saturated heterocycles. The number of ether oxygens (including phenoxy) is 3. The Morgan fingerprint density at radius 3 is 2.43 bits per heavy atom. The van der Waals surface area contributed by atoms with E-state index in [0.717, 1.165) is 0 Å². The molecule has 0 aromatic heterocycles. The van der Waals surface area contributed by atoms with Gasteiger partial charge >= 0.3 is 0 Å². The van der Waals surface area contributed by atoms with E-state index in [9.17, 15) is 4.79 Å². The lowest BCUT2D eigenvalue weighted by Crippen LogP contribution is -2.20. The van der Waals surface area contributed by atoms with Gasteiger partial charge in [0.25, 0.3) is 5.91 Å². The van der Waals surface area contributed by atoms with Crippen LogP contribution < -0.4 is 19.5 Å². The molecule has 0 unspecified atom stereocenters. The molecule has 7 heteroatoms. The first-order valence-electron chi connectivity index (χ1n) is 6.64. The van der Waals surface area contributed by atoms with Crippen molar-refractivity contribution in [1.29, 1.82) is 0 Å². The van der Waals surface area contributed by atoms with Gasteiger partial charge in [0.1, 0.15) is 0 Å². The highest BCUT2D eigenvalue weighted by Gasteiger charge is 2.13. The van der Waals surface area contributed by atoms with Crippen LogP contribution in [-0.4, -0.2) is 26.7 Å². The summed E-state index contributed by atoms with van der Waals surface area (Å²) in [7, 11) is 3.02. The predicted octanol–water partition coefficient (Wildman–Crippen LogP) is 4.03. The number of rotatable bonds is 6. The van der Waals surface area contributed by atoms with E-state index in [1.165, 1.54) is 14.2 Å². The number of hydrogen-bond donors (Lipinski definition) is 1. The highest BCUT2D eigenvalue weighted by molar-refractivity contribution is 6.43. The number of methoxy groups -OCH3 is 2. The maximum Gasteiger partial charge on any atom is 0.262 e. The summed E-state index contributed by atoms with van der Waals surface area (Å²) in [5.41, 5.74) is 0.422. The molecule has 0 bridgehead atoms. The first-order valence-corrected chi connectivity index (χ1v) is 7.40. The molecule has 0 heterocycles. The second-order valence-electron chi connectivity index (χ2n) is 4.43. The quantitative estimate of drug-likeness (QED) is 0.849. The molecule has 0 atom stereocenters. The van der Waals surface area contributed by atoms with Gasteiger partial charge in [-0.05, 0) is 24.3 Å². The van der Waals surface area contributed by atoms with Crippen molar-refractivity contribution in [3.8, 4) is 17.2 Å². The lowest BCUT2D eigenvalue weighted by molar-refractivity contribution is -0.118. The molecule has 122 valence electrons. The standard InChI is InChI=1S/C16H15Cl2NO4/c1-21-12-7-4-8-13(16(12)22-2)23-9-14(20)19-11-6-3-5-10(17)15(11)18/h3-8H,9H2,1-2H3,(H,19,20). The molecule has 0 fully saturated rings. The summed E-state index contributed by atoms with van der Waals surface area (Å²) in [4.78, 5) is 12.0. The number of amides is 1. The van der Waals surface area contributed by atoms with Crippen molar-refractivity contribution in [2.45, 2.75) is 0 Å². The minimum absolute atomic E-state index is 0.216. The fourth-order valence-corrected chi connectivity index (χ4v) is 2.25. The van der Waals surface area contributed by atoms with Crippen LogP contribution in [0.25, 0.3) is 0 Å². The van der Waals surface area contributed by atoms with E-state index in [-0.39, 0.29) is 17.5 Å². The molecule has 1 N–H and O–H groups in total. The molecule has 0 spiro atoms. The molecule has 2 rings (SSSR count). The third kappa shape index (κ3) is 4.21. The zero-order chi connectivity index (χ0) is 16.8. The van der Waals surface area contributed by atoms with Crippen LogP contribution in [0.3, 0.4) is 0 Å². The zero-order valence-electron chi connectivity index (χ0n) is 12.6. The Morgan fingerprint density at radius 1 is 1.04 bits per heavy atom. The Bertz CT molecular complexity index is 706. The third-order valence-electron chi connectivity index (χ3n) is 2.95. The molecule has 0 aliphatic heterocycles. The molecule has 0 saturated carbocycles. The van der Waals surface area contributed by atoms with Crippen molar-refractivity contribution >= 4 is 34.8 Å². The topological polar surface area (TPSA) is 56.8 Å². The van der Waals surface area contributed by atoms with Crippen molar-refractivity contribution in [2.75, 3.05) is 26.1 Å². The minimum Gasteiger partial charge on any atom is -0.493 e. The Labute approximate surface area is 144 Å². The Kier molecular flexibility index (Phi) is 5.96. The van der Waals surface area contributed by atoms with Crippen LogP contribution in [0.15, 0.2) is 36.4 Å². The van der Waals surface area contributed by atoms with Crippen molar-refractivity contribution in [3.63, 3.8) is 0 Å². The van der Waals surface area contributed by atoms with Crippen molar-refractivity contribution < 1.29 is 19.0 Å². The van der Waals surface area contributed by atoms with E-state index in [1.807, 2.05) is 0 Å². The van der Waals surface area contributed by atoms with Crippen molar-refractivity contribution in [1.82, 2.24) is 0 Å². The van der Waals surface area contributed by atoms with E-state index in [1.54, 1.807) is 36.4 Å². The Hall–Kier alpha value is -2.11. The molecule has 2 aromatic rings. The third-order valence-corrected chi connectivity index (χ3v) is 3.77. The first kappa shape index (κ1) is 17.2. The molecular formula is C16H15Cl2NO4. The summed E-state index contributed by atoms with van der Waals surface area (Å²) < 4.78 is 15.9. The average Bonchev–Trinajstić information content (AvgIpc) is 2.56. The van der Waals surface area contributed by atoms with Gasteiger partial charge in [0.15, 0.2) is 18.1 Å². The Morgan fingerprint density at radius 2 is 1.74 bits per heavy atom. The number of nitrogens with one attached hydrogen (secondary N) is 1. The molecule has 23 heavy (non-hydrogen) atoms. The van der Waals surface area contributed by atoms with Crippen molar-refractivity contribution in [2.24, 2.45) is 0 Å². The Balaban J connectivity index is 2.04. The molecular weight excluding hydrogens is 341 g/mol. The van der Waals surface area contributed by atoms with Crippen molar-refractivity contribution in [3.05, 3.63) is 46.4 Å². The minimum atomic E-state index is -0.376. The highest BCUT2D eigenvalue weighted by atomic mass is 35.5. The first-order chi connectivity index (χ1) is 11.1. The summed E-state index contributed by atoms with van der Waals surface area (Å²) in [5.74, 6) is 0.963. The zero-order valence-corrected chi connectivity index (χ0v) is 14.1. The fourth-order valence-electron chi connectivity index (χ4n) is 1.90. The maximum absolute atomic E-state index is 12.0.